The molecule has 0 unspecified atom stereocenters. The van der Waals surface area contributed by atoms with E-state index in [1.165, 1.54) is 4.57 Å². The second-order valence-corrected chi connectivity index (χ2v) is 8.70. The Bertz CT molecular complexity index is 1340. The molecule has 3 heterocycles. The number of ether oxygens (including phenoxy) is 2. The minimum absolute atomic E-state index is 0.137. The number of fused-ring (bicyclic) bond motifs is 2. The van der Waals surface area contributed by atoms with Crippen LogP contribution in [0.4, 0.5) is 0 Å². The molecular formula is C23H24N4O5. The van der Waals surface area contributed by atoms with Gasteiger partial charge in [0.2, 0.25) is 6.79 Å². The van der Waals surface area contributed by atoms with Crippen LogP contribution in [-0.4, -0.2) is 27.2 Å². The molecule has 32 heavy (non-hydrogen) atoms. The van der Waals surface area contributed by atoms with Gasteiger partial charge in [0.05, 0.1) is 10.9 Å². The van der Waals surface area contributed by atoms with E-state index in [1.54, 1.807) is 12.1 Å². The number of aromatic amines is 1. The van der Waals surface area contributed by atoms with Crippen molar-refractivity contribution >= 4 is 16.9 Å². The third-order valence-corrected chi connectivity index (χ3v) is 5.65. The predicted octanol–water partition coefficient (Wildman–Crippen LogP) is 2.28. The van der Waals surface area contributed by atoms with Gasteiger partial charge >= 0.3 is 5.69 Å². The van der Waals surface area contributed by atoms with Crippen molar-refractivity contribution in [2.45, 2.75) is 45.7 Å². The number of benzene rings is 1. The number of hydrogen-bond donors (Lipinski definition) is 2. The quantitative estimate of drug-likeness (QED) is 0.613. The first-order valence-electron chi connectivity index (χ1n) is 10.7. The maximum Gasteiger partial charge on any atom is 0.330 e. The van der Waals surface area contributed by atoms with E-state index in [0.29, 0.717) is 18.0 Å². The van der Waals surface area contributed by atoms with Crippen LogP contribution in [0.2, 0.25) is 0 Å². The number of carbonyl (C=O) groups is 1. The number of carbonyl (C=O) groups excluding carboxylic acids is 1. The first kappa shape index (κ1) is 20.3. The molecule has 9 nitrogen and oxygen atoms in total. The summed E-state index contributed by atoms with van der Waals surface area (Å²) in [7, 11) is 0. The summed E-state index contributed by atoms with van der Waals surface area (Å²) < 4.78 is 12.2. The maximum absolute atomic E-state index is 13.2. The molecule has 1 aliphatic carbocycles. The van der Waals surface area contributed by atoms with Crippen molar-refractivity contribution in [3.63, 3.8) is 0 Å². The molecule has 2 aromatic heterocycles. The topological polar surface area (TPSA) is 115 Å². The second-order valence-electron chi connectivity index (χ2n) is 8.70. The lowest BCUT2D eigenvalue weighted by Crippen LogP contribution is -2.34. The van der Waals surface area contributed by atoms with Gasteiger partial charge in [-0.05, 0) is 42.5 Å². The molecular weight excluding hydrogens is 412 g/mol. The van der Waals surface area contributed by atoms with E-state index in [9.17, 15) is 14.4 Å². The smallest absolute Gasteiger partial charge is 0.330 e. The van der Waals surface area contributed by atoms with Crippen molar-refractivity contribution < 1.29 is 14.3 Å². The Balaban J connectivity index is 1.54. The summed E-state index contributed by atoms with van der Waals surface area (Å²) >= 11 is 0. The molecule has 1 saturated carbocycles. The zero-order valence-corrected chi connectivity index (χ0v) is 17.9. The molecule has 1 amide bonds. The Morgan fingerprint density at radius 3 is 2.75 bits per heavy atom. The van der Waals surface area contributed by atoms with Crippen LogP contribution >= 0.6 is 0 Å². The zero-order valence-electron chi connectivity index (χ0n) is 17.9. The molecule has 9 heteroatoms. The Hall–Kier alpha value is -3.62. The molecule has 0 atom stereocenters. The molecule has 2 N–H and O–H groups in total. The average Bonchev–Trinajstić information content (AvgIpc) is 3.51. The van der Waals surface area contributed by atoms with Crippen LogP contribution < -0.4 is 26.0 Å². The molecule has 0 spiro atoms. The highest BCUT2D eigenvalue weighted by molar-refractivity contribution is 6.05. The van der Waals surface area contributed by atoms with E-state index in [4.69, 9.17) is 9.47 Å². The van der Waals surface area contributed by atoms with Crippen LogP contribution in [0.5, 0.6) is 11.5 Å². The lowest BCUT2D eigenvalue weighted by molar-refractivity contribution is 0.0952. The second kappa shape index (κ2) is 7.81. The van der Waals surface area contributed by atoms with Gasteiger partial charge in [0, 0.05) is 24.7 Å². The Morgan fingerprint density at radius 1 is 1.22 bits per heavy atom. The highest BCUT2D eigenvalue weighted by atomic mass is 16.7. The SMILES string of the molecule is CC(C)Cn1c(=O)[nH]c(=O)c2c(C(=O)NCc3ccc4c(c3)OCO4)cc(C3CC3)nc21. The van der Waals surface area contributed by atoms with E-state index < -0.39 is 17.2 Å². The zero-order chi connectivity index (χ0) is 22.4. The first-order chi connectivity index (χ1) is 15.4. The summed E-state index contributed by atoms with van der Waals surface area (Å²) in [5.74, 6) is 1.33. The molecule has 5 rings (SSSR count). The molecule has 0 bridgehead atoms. The number of hydrogen-bond acceptors (Lipinski definition) is 6. The van der Waals surface area contributed by atoms with E-state index in [0.717, 1.165) is 24.1 Å². The molecule has 1 aromatic carbocycles. The van der Waals surface area contributed by atoms with E-state index in [-0.39, 0.29) is 41.8 Å². The summed E-state index contributed by atoms with van der Waals surface area (Å²) in [6, 6.07) is 7.15. The summed E-state index contributed by atoms with van der Waals surface area (Å²) in [5, 5.41) is 3.02. The highest BCUT2D eigenvalue weighted by Crippen LogP contribution is 2.40. The van der Waals surface area contributed by atoms with E-state index in [1.807, 2.05) is 26.0 Å². The lowest BCUT2D eigenvalue weighted by atomic mass is 10.1. The molecule has 0 saturated heterocycles. The standard InChI is InChI=1S/C23H24N4O5/c1-12(2)10-27-20-19(22(29)26-23(27)30)15(8-16(25-20)14-4-5-14)21(28)24-9-13-3-6-17-18(7-13)32-11-31-17/h3,6-8,12,14H,4-5,9-11H2,1-2H3,(H,24,28)(H,26,29,30). The number of nitrogens with zero attached hydrogens (tertiary/aromatic N) is 2. The van der Waals surface area contributed by atoms with Crippen LogP contribution in [0.15, 0.2) is 33.9 Å². The lowest BCUT2D eigenvalue weighted by Gasteiger charge is -2.15. The van der Waals surface area contributed by atoms with Crippen LogP contribution in [-0.2, 0) is 13.1 Å². The van der Waals surface area contributed by atoms with Gasteiger partial charge in [0.1, 0.15) is 0 Å². The van der Waals surface area contributed by atoms with Gasteiger partial charge in [-0.15, -0.1) is 0 Å². The van der Waals surface area contributed by atoms with Crippen LogP contribution in [0.1, 0.15) is 54.2 Å². The summed E-state index contributed by atoms with van der Waals surface area (Å²) in [4.78, 5) is 45.5. The molecule has 3 aromatic rings. The minimum Gasteiger partial charge on any atom is -0.454 e. The molecule has 1 fully saturated rings. The monoisotopic (exact) mass is 436 g/mol. The van der Waals surface area contributed by atoms with Gasteiger partial charge in [-0.25, -0.2) is 9.78 Å². The number of H-pyrrole nitrogens is 1. The van der Waals surface area contributed by atoms with Gasteiger partial charge in [-0.2, -0.15) is 0 Å². The first-order valence-corrected chi connectivity index (χ1v) is 10.7. The van der Waals surface area contributed by atoms with Crippen molar-refractivity contribution in [2.75, 3.05) is 6.79 Å². The van der Waals surface area contributed by atoms with Crippen LogP contribution in [0.3, 0.4) is 0 Å². The van der Waals surface area contributed by atoms with Crippen molar-refractivity contribution in [1.82, 2.24) is 19.9 Å². The van der Waals surface area contributed by atoms with Crippen molar-refractivity contribution in [3.05, 3.63) is 61.9 Å². The van der Waals surface area contributed by atoms with Gasteiger partial charge in [-0.3, -0.25) is 19.1 Å². The largest absolute Gasteiger partial charge is 0.454 e. The minimum atomic E-state index is -0.604. The van der Waals surface area contributed by atoms with Crippen molar-refractivity contribution in [2.24, 2.45) is 5.92 Å². The van der Waals surface area contributed by atoms with Crippen LogP contribution in [0.25, 0.3) is 11.0 Å². The van der Waals surface area contributed by atoms with E-state index >= 15 is 0 Å². The number of nitrogens with one attached hydrogen (secondary N) is 2. The maximum atomic E-state index is 13.2. The number of pyridine rings is 1. The summed E-state index contributed by atoms with van der Waals surface area (Å²) in [6.07, 6.45) is 1.96. The summed E-state index contributed by atoms with van der Waals surface area (Å²) in [6.45, 7) is 4.78. The van der Waals surface area contributed by atoms with Gasteiger partial charge in [0.25, 0.3) is 11.5 Å². The number of aromatic nitrogens is 3. The van der Waals surface area contributed by atoms with Crippen LogP contribution in [0, 0.1) is 5.92 Å². The summed E-state index contributed by atoms with van der Waals surface area (Å²) in [5.41, 5.74) is 0.972. The Kier molecular flexibility index (Phi) is 4.96. The van der Waals surface area contributed by atoms with Crippen molar-refractivity contribution in [1.29, 1.82) is 0 Å². The van der Waals surface area contributed by atoms with E-state index in [2.05, 4.69) is 15.3 Å². The normalized spacial score (nSPS) is 14.8. The van der Waals surface area contributed by atoms with Crippen molar-refractivity contribution in [3.8, 4) is 11.5 Å². The average molecular weight is 436 g/mol. The Labute approximate surface area is 183 Å². The fourth-order valence-electron chi connectivity index (χ4n) is 3.92. The fraction of sp³-hybridized carbons (Fsp3) is 0.391. The predicted molar refractivity (Wildman–Crippen MR) is 117 cm³/mol. The highest BCUT2D eigenvalue weighted by Gasteiger charge is 2.29. The fourth-order valence-corrected chi connectivity index (χ4v) is 3.92. The van der Waals surface area contributed by atoms with Gasteiger partial charge < -0.3 is 14.8 Å². The number of amides is 1. The third-order valence-electron chi connectivity index (χ3n) is 5.65. The molecule has 1 aliphatic heterocycles. The number of rotatable bonds is 6. The van der Waals surface area contributed by atoms with Gasteiger partial charge in [-0.1, -0.05) is 19.9 Å². The molecule has 2 aliphatic rings. The Morgan fingerprint density at radius 2 is 2.00 bits per heavy atom. The molecule has 0 radical (unpaired) electrons. The van der Waals surface area contributed by atoms with Gasteiger partial charge in [0.15, 0.2) is 17.1 Å². The molecule has 166 valence electrons. The third kappa shape index (κ3) is 3.74.